The normalized spacial score (nSPS) is 10.9. The van der Waals surface area contributed by atoms with Gasteiger partial charge in [-0.3, -0.25) is 14.9 Å². The van der Waals surface area contributed by atoms with Crippen molar-refractivity contribution in [1.29, 1.82) is 5.26 Å². The van der Waals surface area contributed by atoms with Crippen LogP contribution in [0.2, 0.25) is 10.0 Å². The average Bonchev–Trinajstić information content (AvgIpc) is 2.85. The van der Waals surface area contributed by atoms with Gasteiger partial charge < -0.3 is 14.8 Å². The summed E-state index contributed by atoms with van der Waals surface area (Å²) in [5.74, 6) is 0.188. The number of rotatable bonds is 9. The predicted octanol–water partition coefficient (Wildman–Crippen LogP) is 7.19. The van der Waals surface area contributed by atoms with Crippen molar-refractivity contribution in [2.45, 2.75) is 13.5 Å². The lowest BCUT2D eigenvalue weighted by atomic mass is 10.1. The number of halogens is 3. The predicted molar refractivity (Wildman–Crippen MR) is 141 cm³/mol. The van der Waals surface area contributed by atoms with Gasteiger partial charge in [0, 0.05) is 22.3 Å². The smallest absolute Gasteiger partial charge is 0.269 e. The van der Waals surface area contributed by atoms with Gasteiger partial charge in [0.2, 0.25) is 0 Å². The number of non-ortho nitro benzene ring substituents is 1. The van der Waals surface area contributed by atoms with Crippen molar-refractivity contribution in [3.05, 3.63) is 95.9 Å². The summed E-state index contributed by atoms with van der Waals surface area (Å²) in [6.07, 6.45) is 1.42. The maximum atomic E-state index is 12.7. The lowest BCUT2D eigenvalue weighted by molar-refractivity contribution is -0.384. The van der Waals surface area contributed by atoms with Crippen molar-refractivity contribution < 1.29 is 19.2 Å². The van der Waals surface area contributed by atoms with E-state index < -0.39 is 10.8 Å². The van der Waals surface area contributed by atoms with E-state index in [2.05, 4.69) is 21.2 Å². The van der Waals surface area contributed by atoms with Gasteiger partial charge in [-0.2, -0.15) is 5.26 Å². The topological polar surface area (TPSA) is 114 Å². The lowest BCUT2D eigenvalue weighted by Gasteiger charge is -2.14. The molecule has 0 aliphatic rings. The Morgan fingerprint density at radius 1 is 1.11 bits per heavy atom. The summed E-state index contributed by atoms with van der Waals surface area (Å²) in [7, 11) is 0. The fraction of sp³-hybridized carbons (Fsp3) is 0.120. The van der Waals surface area contributed by atoms with E-state index in [0.29, 0.717) is 38.9 Å². The molecule has 3 rings (SSSR count). The largest absolute Gasteiger partial charge is 0.490 e. The molecule has 0 spiro atoms. The van der Waals surface area contributed by atoms with E-state index in [4.69, 9.17) is 32.7 Å². The lowest BCUT2D eigenvalue weighted by Crippen LogP contribution is -2.13. The van der Waals surface area contributed by atoms with Crippen LogP contribution in [0.15, 0.2) is 64.6 Å². The van der Waals surface area contributed by atoms with E-state index in [1.54, 1.807) is 30.3 Å². The molecule has 36 heavy (non-hydrogen) atoms. The molecule has 1 amide bonds. The van der Waals surface area contributed by atoms with E-state index in [0.717, 1.165) is 5.56 Å². The van der Waals surface area contributed by atoms with E-state index in [1.807, 2.05) is 13.0 Å². The van der Waals surface area contributed by atoms with Gasteiger partial charge >= 0.3 is 0 Å². The Morgan fingerprint density at radius 2 is 1.81 bits per heavy atom. The highest BCUT2D eigenvalue weighted by Gasteiger charge is 2.15. The number of benzene rings is 3. The fourth-order valence-corrected chi connectivity index (χ4v) is 3.73. The van der Waals surface area contributed by atoms with Gasteiger partial charge in [0.15, 0.2) is 11.5 Å². The van der Waals surface area contributed by atoms with Crippen molar-refractivity contribution in [1.82, 2.24) is 0 Å². The molecule has 0 aliphatic heterocycles. The standard InChI is InChI=1S/C25H18BrCl2N3O5/c1-2-35-23-10-16(9-17(13-29)25(32)30-18-5-8-21(27)22(28)11-18)20(26)12-24(23)36-14-15-3-6-19(7-4-15)31(33)34/h3-12H,2,14H2,1H3,(H,30,32)/b17-9+. The number of carbonyl (C=O) groups excluding carboxylic acids is 1. The second-order valence-corrected chi connectivity index (χ2v) is 8.89. The highest BCUT2D eigenvalue weighted by atomic mass is 79.9. The molecule has 0 unspecified atom stereocenters. The number of hydrogen-bond acceptors (Lipinski definition) is 6. The number of ether oxygens (including phenoxy) is 2. The van der Waals surface area contributed by atoms with Crippen LogP contribution in [0.4, 0.5) is 11.4 Å². The summed E-state index contributed by atoms with van der Waals surface area (Å²) in [6.45, 7) is 2.31. The first-order valence-electron chi connectivity index (χ1n) is 10.4. The summed E-state index contributed by atoms with van der Waals surface area (Å²) in [6, 6.07) is 15.8. The number of nitriles is 1. The quantitative estimate of drug-likeness (QED) is 0.122. The monoisotopic (exact) mass is 589 g/mol. The summed E-state index contributed by atoms with van der Waals surface area (Å²) in [5, 5.41) is 23.6. The minimum atomic E-state index is -0.626. The number of nitro groups is 1. The van der Waals surface area contributed by atoms with Gasteiger partial charge in [-0.1, -0.05) is 39.1 Å². The summed E-state index contributed by atoms with van der Waals surface area (Å²) in [5.41, 5.74) is 1.48. The molecule has 184 valence electrons. The zero-order valence-electron chi connectivity index (χ0n) is 18.8. The third kappa shape index (κ3) is 6.98. The number of amides is 1. The van der Waals surface area contributed by atoms with Crippen LogP contribution >= 0.6 is 39.1 Å². The third-order valence-corrected chi connectivity index (χ3v) is 6.17. The zero-order valence-corrected chi connectivity index (χ0v) is 21.9. The second-order valence-electron chi connectivity index (χ2n) is 7.22. The molecule has 0 aromatic heterocycles. The molecule has 0 atom stereocenters. The molecule has 1 N–H and O–H groups in total. The van der Waals surface area contributed by atoms with Gasteiger partial charge in [0.1, 0.15) is 18.2 Å². The van der Waals surface area contributed by atoms with Gasteiger partial charge in [-0.15, -0.1) is 0 Å². The molecular formula is C25H18BrCl2N3O5. The van der Waals surface area contributed by atoms with E-state index in [-0.39, 0.29) is 22.9 Å². The molecule has 0 bridgehead atoms. The molecule has 0 saturated heterocycles. The van der Waals surface area contributed by atoms with Crippen molar-refractivity contribution >= 4 is 62.5 Å². The van der Waals surface area contributed by atoms with E-state index in [9.17, 15) is 20.2 Å². The first-order chi connectivity index (χ1) is 17.2. The Balaban J connectivity index is 1.82. The zero-order chi connectivity index (χ0) is 26.2. The van der Waals surface area contributed by atoms with Crippen LogP contribution in [0.1, 0.15) is 18.1 Å². The molecule has 0 radical (unpaired) electrons. The van der Waals surface area contributed by atoms with Crippen LogP contribution in [0.25, 0.3) is 6.08 Å². The first-order valence-corrected chi connectivity index (χ1v) is 12.0. The average molecular weight is 591 g/mol. The maximum absolute atomic E-state index is 12.7. The minimum absolute atomic E-state index is 0.0101. The number of nitro benzene ring substituents is 1. The third-order valence-electron chi connectivity index (χ3n) is 4.75. The van der Waals surface area contributed by atoms with Crippen LogP contribution in [0.5, 0.6) is 11.5 Å². The van der Waals surface area contributed by atoms with Gasteiger partial charge in [-0.25, -0.2) is 0 Å². The van der Waals surface area contributed by atoms with E-state index >= 15 is 0 Å². The van der Waals surface area contributed by atoms with Crippen molar-refractivity contribution in [3.63, 3.8) is 0 Å². The molecular weight excluding hydrogens is 573 g/mol. The van der Waals surface area contributed by atoms with Crippen molar-refractivity contribution in [2.24, 2.45) is 0 Å². The van der Waals surface area contributed by atoms with Crippen LogP contribution in [-0.2, 0) is 11.4 Å². The Labute approximate surface area is 225 Å². The second kappa shape index (κ2) is 12.4. The number of nitrogens with zero attached hydrogens (tertiary/aromatic N) is 2. The number of hydrogen-bond donors (Lipinski definition) is 1. The number of carbonyl (C=O) groups is 1. The van der Waals surface area contributed by atoms with Crippen molar-refractivity contribution in [2.75, 3.05) is 11.9 Å². The molecule has 0 saturated carbocycles. The molecule has 0 fully saturated rings. The number of nitrogens with one attached hydrogen (secondary N) is 1. The fourth-order valence-electron chi connectivity index (χ4n) is 2.99. The Kier molecular flexibility index (Phi) is 9.31. The molecule has 3 aromatic rings. The minimum Gasteiger partial charge on any atom is -0.490 e. The van der Waals surface area contributed by atoms with Gasteiger partial charge in [0.25, 0.3) is 11.6 Å². The molecule has 3 aromatic carbocycles. The van der Waals surface area contributed by atoms with Gasteiger partial charge in [0.05, 0.1) is 21.6 Å². The summed E-state index contributed by atoms with van der Waals surface area (Å²) < 4.78 is 12.1. The first kappa shape index (κ1) is 27.0. The highest BCUT2D eigenvalue weighted by molar-refractivity contribution is 9.10. The Hall–Kier alpha value is -3.58. The van der Waals surface area contributed by atoms with Crippen molar-refractivity contribution in [3.8, 4) is 17.6 Å². The van der Waals surface area contributed by atoms with E-state index in [1.165, 1.54) is 30.3 Å². The maximum Gasteiger partial charge on any atom is 0.269 e. The van der Waals surface area contributed by atoms with Crippen LogP contribution in [-0.4, -0.2) is 17.4 Å². The van der Waals surface area contributed by atoms with Crippen LogP contribution in [0, 0.1) is 21.4 Å². The van der Waals surface area contributed by atoms with Crippen LogP contribution < -0.4 is 14.8 Å². The Morgan fingerprint density at radius 3 is 2.42 bits per heavy atom. The van der Waals surface area contributed by atoms with Gasteiger partial charge in [-0.05, 0) is 66.6 Å². The SMILES string of the molecule is CCOc1cc(/C=C(\C#N)C(=O)Nc2ccc(Cl)c(Cl)c2)c(Br)cc1OCc1ccc([N+](=O)[O-])cc1. The molecule has 8 nitrogen and oxygen atoms in total. The molecule has 0 aliphatic carbocycles. The molecule has 0 heterocycles. The summed E-state index contributed by atoms with van der Waals surface area (Å²) in [4.78, 5) is 23.0. The number of anilines is 1. The highest BCUT2D eigenvalue weighted by Crippen LogP contribution is 2.35. The van der Waals surface area contributed by atoms with Crippen LogP contribution in [0.3, 0.4) is 0 Å². The molecule has 11 heteroatoms. The summed E-state index contributed by atoms with van der Waals surface area (Å²) >= 11 is 15.3. The Bertz CT molecular complexity index is 1370.